The summed E-state index contributed by atoms with van der Waals surface area (Å²) in [5, 5.41) is 2.89. The van der Waals surface area contributed by atoms with Crippen molar-refractivity contribution >= 4 is 5.91 Å². The van der Waals surface area contributed by atoms with Crippen LogP contribution in [0.4, 0.5) is 0 Å². The van der Waals surface area contributed by atoms with E-state index in [0.717, 1.165) is 12.0 Å². The van der Waals surface area contributed by atoms with Crippen LogP contribution < -0.4 is 10.1 Å². The fraction of sp³-hybridized carbons (Fsp3) is 0.538. The Kier molecular flexibility index (Phi) is 5.46. The topological polar surface area (TPSA) is 51.2 Å². The van der Waals surface area contributed by atoms with Gasteiger partial charge in [-0.25, -0.2) is 4.98 Å². The molecule has 4 nitrogen and oxygen atoms in total. The molecule has 1 unspecified atom stereocenters. The van der Waals surface area contributed by atoms with Gasteiger partial charge in [-0.1, -0.05) is 19.9 Å². The van der Waals surface area contributed by atoms with Crippen molar-refractivity contribution in [1.82, 2.24) is 10.3 Å². The predicted molar refractivity (Wildman–Crippen MR) is 66.7 cm³/mol. The second-order valence-corrected chi connectivity index (χ2v) is 3.93. The van der Waals surface area contributed by atoms with Gasteiger partial charge in [0.25, 0.3) is 0 Å². The van der Waals surface area contributed by atoms with Gasteiger partial charge in [0, 0.05) is 24.2 Å². The predicted octanol–water partition coefficient (Wildman–Crippen LogP) is 2.14. The van der Waals surface area contributed by atoms with Crippen molar-refractivity contribution < 1.29 is 9.53 Å². The third kappa shape index (κ3) is 4.06. The summed E-state index contributed by atoms with van der Waals surface area (Å²) in [5.74, 6) is 0.709. The summed E-state index contributed by atoms with van der Waals surface area (Å²) < 4.78 is 5.39. The Morgan fingerprint density at radius 3 is 2.94 bits per heavy atom. The van der Waals surface area contributed by atoms with Crippen LogP contribution in [-0.4, -0.2) is 17.5 Å². The molecule has 0 aromatic carbocycles. The van der Waals surface area contributed by atoms with Gasteiger partial charge in [-0.2, -0.15) is 0 Å². The number of hydrogen-bond donors (Lipinski definition) is 1. The maximum atomic E-state index is 11.6. The molecule has 0 spiro atoms. The molecule has 1 aromatic rings. The van der Waals surface area contributed by atoms with Gasteiger partial charge in [-0.3, -0.25) is 4.79 Å². The van der Waals surface area contributed by atoms with E-state index < -0.39 is 0 Å². The van der Waals surface area contributed by atoms with Crippen LogP contribution in [0.2, 0.25) is 0 Å². The van der Waals surface area contributed by atoms with E-state index in [0.29, 0.717) is 19.0 Å². The van der Waals surface area contributed by atoms with Crippen LogP contribution >= 0.6 is 0 Å². The molecule has 1 N–H and O–H groups in total. The smallest absolute Gasteiger partial charge is 0.223 e. The molecule has 0 radical (unpaired) electrons. The summed E-state index contributed by atoms with van der Waals surface area (Å²) >= 11 is 0. The lowest BCUT2D eigenvalue weighted by atomic mass is 10.1. The Morgan fingerprint density at radius 2 is 2.29 bits per heavy atom. The van der Waals surface area contributed by atoms with Crippen LogP contribution in [0.1, 0.15) is 32.8 Å². The van der Waals surface area contributed by atoms with Crippen LogP contribution in [-0.2, 0) is 11.3 Å². The first-order valence-electron chi connectivity index (χ1n) is 6.03. The number of hydrogen-bond acceptors (Lipinski definition) is 3. The molecular weight excluding hydrogens is 216 g/mol. The van der Waals surface area contributed by atoms with Crippen LogP contribution in [0.25, 0.3) is 0 Å². The summed E-state index contributed by atoms with van der Waals surface area (Å²) in [6.45, 7) is 6.87. The quantitative estimate of drug-likeness (QED) is 0.823. The van der Waals surface area contributed by atoms with Gasteiger partial charge in [-0.15, -0.1) is 0 Å². The van der Waals surface area contributed by atoms with Gasteiger partial charge in [0.2, 0.25) is 11.8 Å². The van der Waals surface area contributed by atoms with E-state index in [4.69, 9.17) is 4.74 Å². The summed E-state index contributed by atoms with van der Waals surface area (Å²) in [6, 6.07) is 3.75. The number of nitrogens with one attached hydrogen (secondary N) is 1. The average molecular weight is 236 g/mol. The maximum Gasteiger partial charge on any atom is 0.223 e. The van der Waals surface area contributed by atoms with Gasteiger partial charge < -0.3 is 10.1 Å². The first-order valence-corrected chi connectivity index (χ1v) is 6.03. The molecule has 0 saturated carbocycles. The fourth-order valence-corrected chi connectivity index (χ4v) is 1.37. The minimum absolute atomic E-state index is 0.0437. The molecule has 0 bridgehead atoms. The number of amides is 1. The first kappa shape index (κ1) is 13.5. The Balaban J connectivity index is 2.59. The Hall–Kier alpha value is -1.58. The molecule has 0 aliphatic heterocycles. The van der Waals surface area contributed by atoms with Gasteiger partial charge >= 0.3 is 0 Å². The SMILES string of the molecule is CCOc1ncccc1CNC(=O)C(C)CC. The molecule has 94 valence electrons. The van der Waals surface area contributed by atoms with Gasteiger partial charge in [0.1, 0.15) is 0 Å². The van der Waals surface area contributed by atoms with E-state index >= 15 is 0 Å². The van der Waals surface area contributed by atoms with Crippen molar-refractivity contribution in [3.05, 3.63) is 23.9 Å². The zero-order valence-electron chi connectivity index (χ0n) is 10.7. The molecule has 17 heavy (non-hydrogen) atoms. The summed E-state index contributed by atoms with van der Waals surface area (Å²) in [7, 11) is 0. The third-order valence-electron chi connectivity index (χ3n) is 2.64. The number of pyridine rings is 1. The second kappa shape index (κ2) is 6.89. The molecule has 0 aliphatic rings. The van der Waals surface area contributed by atoms with E-state index in [1.807, 2.05) is 32.9 Å². The van der Waals surface area contributed by atoms with Crippen molar-refractivity contribution in [3.8, 4) is 5.88 Å². The molecule has 0 aliphatic carbocycles. The standard InChI is InChI=1S/C13H20N2O2/c1-4-10(3)12(16)15-9-11-7-6-8-14-13(11)17-5-2/h6-8,10H,4-5,9H2,1-3H3,(H,15,16). The molecule has 0 saturated heterocycles. The highest BCUT2D eigenvalue weighted by Crippen LogP contribution is 2.14. The largest absolute Gasteiger partial charge is 0.478 e. The number of rotatable bonds is 6. The Bertz CT molecular complexity index is 366. The van der Waals surface area contributed by atoms with E-state index in [1.165, 1.54) is 0 Å². The lowest BCUT2D eigenvalue weighted by molar-refractivity contribution is -0.124. The van der Waals surface area contributed by atoms with Gasteiger partial charge in [0.05, 0.1) is 6.61 Å². The lowest BCUT2D eigenvalue weighted by Crippen LogP contribution is -2.28. The lowest BCUT2D eigenvalue weighted by Gasteiger charge is -2.12. The van der Waals surface area contributed by atoms with Gasteiger partial charge in [0.15, 0.2) is 0 Å². The molecule has 4 heteroatoms. The number of ether oxygens (including phenoxy) is 1. The first-order chi connectivity index (χ1) is 8.19. The van der Waals surface area contributed by atoms with E-state index in [2.05, 4.69) is 10.3 Å². The highest BCUT2D eigenvalue weighted by molar-refractivity contribution is 5.78. The second-order valence-electron chi connectivity index (χ2n) is 3.93. The zero-order chi connectivity index (χ0) is 12.7. The fourth-order valence-electron chi connectivity index (χ4n) is 1.37. The molecule has 1 rings (SSSR count). The number of nitrogens with zero attached hydrogens (tertiary/aromatic N) is 1. The Morgan fingerprint density at radius 1 is 1.53 bits per heavy atom. The molecule has 1 heterocycles. The van der Waals surface area contributed by atoms with Crippen LogP contribution in [0.3, 0.4) is 0 Å². The highest BCUT2D eigenvalue weighted by atomic mass is 16.5. The minimum atomic E-state index is 0.0437. The van der Waals surface area contributed by atoms with Crippen molar-refractivity contribution in [2.24, 2.45) is 5.92 Å². The molecule has 1 aromatic heterocycles. The molecule has 0 fully saturated rings. The van der Waals surface area contributed by atoms with Crippen molar-refractivity contribution in [2.75, 3.05) is 6.61 Å². The van der Waals surface area contributed by atoms with Crippen LogP contribution in [0, 0.1) is 5.92 Å². The van der Waals surface area contributed by atoms with Crippen LogP contribution in [0.5, 0.6) is 5.88 Å². The van der Waals surface area contributed by atoms with Crippen molar-refractivity contribution in [3.63, 3.8) is 0 Å². The van der Waals surface area contributed by atoms with Crippen LogP contribution in [0.15, 0.2) is 18.3 Å². The molecular formula is C13H20N2O2. The number of aromatic nitrogens is 1. The van der Waals surface area contributed by atoms with Gasteiger partial charge in [-0.05, 0) is 19.4 Å². The maximum absolute atomic E-state index is 11.6. The number of carbonyl (C=O) groups excluding carboxylic acids is 1. The number of carbonyl (C=O) groups is 1. The summed E-state index contributed by atoms with van der Waals surface area (Å²) in [5.41, 5.74) is 0.908. The molecule has 1 amide bonds. The Labute approximate surface area is 102 Å². The average Bonchev–Trinajstić information content (AvgIpc) is 2.36. The zero-order valence-corrected chi connectivity index (χ0v) is 10.7. The van der Waals surface area contributed by atoms with Crippen molar-refractivity contribution in [1.29, 1.82) is 0 Å². The minimum Gasteiger partial charge on any atom is -0.478 e. The summed E-state index contributed by atoms with van der Waals surface area (Å²) in [4.78, 5) is 15.8. The van der Waals surface area contributed by atoms with E-state index in [9.17, 15) is 4.79 Å². The molecule has 1 atom stereocenters. The van der Waals surface area contributed by atoms with E-state index in [-0.39, 0.29) is 11.8 Å². The summed E-state index contributed by atoms with van der Waals surface area (Å²) in [6.07, 6.45) is 2.53. The van der Waals surface area contributed by atoms with E-state index in [1.54, 1.807) is 6.20 Å². The monoisotopic (exact) mass is 236 g/mol. The third-order valence-corrected chi connectivity index (χ3v) is 2.64. The van der Waals surface area contributed by atoms with Crippen molar-refractivity contribution in [2.45, 2.75) is 33.7 Å². The normalized spacial score (nSPS) is 11.9. The highest BCUT2D eigenvalue weighted by Gasteiger charge is 2.11.